The monoisotopic (exact) mass is 156 g/mol. The zero-order valence-corrected chi connectivity index (χ0v) is 6.54. The lowest BCUT2D eigenvalue weighted by molar-refractivity contribution is -0.148. The molecule has 1 aliphatic carbocycles. The summed E-state index contributed by atoms with van der Waals surface area (Å²) >= 11 is 0. The first-order valence-electron chi connectivity index (χ1n) is 3.86. The highest BCUT2D eigenvalue weighted by atomic mass is 16.4. The van der Waals surface area contributed by atoms with Crippen LogP contribution < -0.4 is 0 Å². The fraction of sp³-hybridized carbons (Fsp3) is 0.750. The lowest BCUT2D eigenvalue weighted by Crippen LogP contribution is -2.30. The quantitative estimate of drug-likeness (QED) is 0.578. The maximum Gasteiger partial charge on any atom is 0.314 e. The molecule has 0 radical (unpaired) electrons. The van der Waals surface area contributed by atoms with E-state index in [0.717, 1.165) is 6.42 Å². The van der Waals surface area contributed by atoms with Gasteiger partial charge in [-0.2, -0.15) is 0 Å². The van der Waals surface area contributed by atoms with Crippen LogP contribution in [0.4, 0.5) is 0 Å². The predicted molar refractivity (Wildman–Crippen MR) is 39.1 cm³/mol. The van der Waals surface area contributed by atoms with E-state index in [1.54, 1.807) is 0 Å². The van der Waals surface area contributed by atoms with E-state index in [1.165, 1.54) is 0 Å². The Morgan fingerprint density at radius 3 is 2.73 bits per heavy atom. The molecule has 1 saturated carbocycles. The smallest absolute Gasteiger partial charge is 0.314 e. The van der Waals surface area contributed by atoms with Gasteiger partial charge in [0.25, 0.3) is 0 Å². The van der Waals surface area contributed by atoms with E-state index >= 15 is 0 Å². The third kappa shape index (κ3) is 1.79. The number of carboxylic acids is 1. The van der Waals surface area contributed by atoms with Gasteiger partial charge < -0.3 is 5.11 Å². The fourth-order valence-electron chi connectivity index (χ4n) is 1.45. The zero-order chi connectivity index (χ0) is 8.43. The molecule has 0 aromatic rings. The van der Waals surface area contributed by atoms with Gasteiger partial charge in [0.1, 0.15) is 11.7 Å². The lowest BCUT2D eigenvalue weighted by Gasteiger charge is -2.21. The first-order chi connectivity index (χ1) is 5.11. The molecule has 1 aliphatic rings. The highest BCUT2D eigenvalue weighted by Crippen LogP contribution is 2.25. The lowest BCUT2D eigenvalue weighted by atomic mass is 9.81. The van der Waals surface area contributed by atoms with Gasteiger partial charge in [-0.15, -0.1) is 0 Å². The molecule has 0 aliphatic heterocycles. The van der Waals surface area contributed by atoms with Gasteiger partial charge in [-0.05, 0) is 18.8 Å². The van der Waals surface area contributed by atoms with Gasteiger partial charge in [-0.1, -0.05) is 6.92 Å². The summed E-state index contributed by atoms with van der Waals surface area (Å²) in [5.74, 6) is -1.40. The Morgan fingerprint density at radius 2 is 2.27 bits per heavy atom. The molecule has 0 bridgehead atoms. The minimum absolute atomic E-state index is 0.101. The summed E-state index contributed by atoms with van der Waals surface area (Å²) < 4.78 is 0. The minimum Gasteiger partial charge on any atom is -0.481 e. The van der Waals surface area contributed by atoms with Crippen LogP contribution >= 0.6 is 0 Å². The summed E-state index contributed by atoms with van der Waals surface area (Å²) in [5.41, 5.74) is 0. The second kappa shape index (κ2) is 3.03. The highest BCUT2D eigenvalue weighted by Gasteiger charge is 2.31. The highest BCUT2D eigenvalue weighted by molar-refractivity contribution is 5.98. The van der Waals surface area contributed by atoms with Crippen molar-refractivity contribution >= 4 is 11.8 Å². The number of carbonyl (C=O) groups excluding carboxylic acids is 1. The average molecular weight is 156 g/mol. The molecule has 1 N–H and O–H groups in total. The maximum atomic E-state index is 11.0. The SMILES string of the molecule is C[C@H]1CCC(=O)[C@H](C(=O)O)C1. The Hall–Kier alpha value is -0.860. The van der Waals surface area contributed by atoms with E-state index in [2.05, 4.69) is 0 Å². The minimum atomic E-state index is -0.957. The van der Waals surface area contributed by atoms with Crippen molar-refractivity contribution in [1.29, 1.82) is 0 Å². The second-order valence-corrected chi connectivity index (χ2v) is 3.24. The maximum absolute atomic E-state index is 11.0. The second-order valence-electron chi connectivity index (χ2n) is 3.24. The summed E-state index contributed by atoms with van der Waals surface area (Å²) in [6, 6.07) is 0. The molecule has 62 valence electrons. The van der Waals surface area contributed by atoms with Crippen molar-refractivity contribution in [2.75, 3.05) is 0 Å². The number of carboxylic acid groups (broad SMARTS) is 1. The Kier molecular flexibility index (Phi) is 2.27. The number of aliphatic carboxylic acids is 1. The number of Topliss-reactive ketones (excluding diaryl/α,β-unsaturated/α-hetero) is 1. The molecule has 0 saturated heterocycles. The molecule has 3 nitrogen and oxygen atoms in total. The topological polar surface area (TPSA) is 54.4 Å². The van der Waals surface area contributed by atoms with E-state index in [1.807, 2.05) is 6.92 Å². The third-order valence-corrected chi connectivity index (χ3v) is 2.21. The van der Waals surface area contributed by atoms with Crippen LogP contribution in [0.2, 0.25) is 0 Å². The average Bonchev–Trinajstić information content (AvgIpc) is 1.94. The molecule has 1 fully saturated rings. The van der Waals surface area contributed by atoms with Crippen molar-refractivity contribution in [2.45, 2.75) is 26.2 Å². The Bertz CT molecular complexity index is 186. The van der Waals surface area contributed by atoms with Crippen LogP contribution in [0, 0.1) is 11.8 Å². The zero-order valence-electron chi connectivity index (χ0n) is 6.54. The summed E-state index contributed by atoms with van der Waals surface area (Å²) in [6.07, 6.45) is 1.81. The van der Waals surface area contributed by atoms with E-state index in [9.17, 15) is 9.59 Å². The molecule has 2 atom stereocenters. The Balaban J connectivity index is 2.61. The molecular formula is C8H12O3. The Labute approximate surface area is 65.4 Å². The molecule has 0 amide bonds. The summed E-state index contributed by atoms with van der Waals surface area (Å²) in [5, 5.41) is 8.61. The summed E-state index contributed by atoms with van der Waals surface area (Å²) in [7, 11) is 0. The normalized spacial score (nSPS) is 31.9. The van der Waals surface area contributed by atoms with Gasteiger partial charge in [0.2, 0.25) is 0 Å². The van der Waals surface area contributed by atoms with Gasteiger partial charge in [0.15, 0.2) is 0 Å². The van der Waals surface area contributed by atoms with E-state index in [0.29, 0.717) is 18.8 Å². The van der Waals surface area contributed by atoms with Crippen LogP contribution in [-0.2, 0) is 9.59 Å². The van der Waals surface area contributed by atoms with E-state index < -0.39 is 11.9 Å². The van der Waals surface area contributed by atoms with Gasteiger partial charge in [0.05, 0.1) is 0 Å². The number of rotatable bonds is 1. The molecule has 0 spiro atoms. The molecular weight excluding hydrogens is 144 g/mol. The van der Waals surface area contributed by atoms with Crippen molar-refractivity contribution in [3.8, 4) is 0 Å². The number of ketones is 1. The van der Waals surface area contributed by atoms with Crippen LogP contribution in [0.1, 0.15) is 26.2 Å². The first kappa shape index (κ1) is 8.24. The summed E-state index contributed by atoms with van der Waals surface area (Å²) in [4.78, 5) is 21.5. The van der Waals surface area contributed by atoms with Gasteiger partial charge in [-0.3, -0.25) is 9.59 Å². The van der Waals surface area contributed by atoms with Crippen molar-refractivity contribution in [3.63, 3.8) is 0 Å². The van der Waals surface area contributed by atoms with Gasteiger partial charge in [-0.25, -0.2) is 0 Å². The molecule has 1 rings (SSSR count). The van der Waals surface area contributed by atoms with Crippen molar-refractivity contribution < 1.29 is 14.7 Å². The first-order valence-corrected chi connectivity index (χ1v) is 3.86. The molecule has 11 heavy (non-hydrogen) atoms. The number of hydrogen-bond acceptors (Lipinski definition) is 2. The van der Waals surface area contributed by atoms with Gasteiger partial charge in [0, 0.05) is 6.42 Å². The van der Waals surface area contributed by atoms with Crippen LogP contribution in [0.15, 0.2) is 0 Å². The molecule has 3 heteroatoms. The molecule has 0 heterocycles. The largest absolute Gasteiger partial charge is 0.481 e. The molecule has 0 aromatic heterocycles. The third-order valence-electron chi connectivity index (χ3n) is 2.21. The van der Waals surface area contributed by atoms with Crippen LogP contribution in [0.5, 0.6) is 0 Å². The number of hydrogen-bond donors (Lipinski definition) is 1. The van der Waals surface area contributed by atoms with Crippen LogP contribution in [0.25, 0.3) is 0 Å². The number of carbonyl (C=O) groups is 2. The Morgan fingerprint density at radius 1 is 1.64 bits per heavy atom. The molecule has 0 unspecified atom stereocenters. The van der Waals surface area contributed by atoms with Crippen LogP contribution in [0.3, 0.4) is 0 Å². The standard InChI is InChI=1S/C8H12O3/c1-5-2-3-7(9)6(4-5)8(10)11/h5-6H,2-4H2,1H3,(H,10,11)/t5-,6+/m0/s1. The van der Waals surface area contributed by atoms with Crippen molar-refractivity contribution in [1.82, 2.24) is 0 Å². The predicted octanol–water partition coefficient (Wildman–Crippen LogP) is 1.08. The summed E-state index contributed by atoms with van der Waals surface area (Å²) in [6.45, 7) is 1.99. The van der Waals surface area contributed by atoms with Crippen molar-refractivity contribution in [2.24, 2.45) is 11.8 Å². The van der Waals surface area contributed by atoms with Crippen LogP contribution in [-0.4, -0.2) is 16.9 Å². The van der Waals surface area contributed by atoms with E-state index in [4.69, 9.17) is 5.11 Å². The van der Waals surface area contributed by atoms with E-state index in [-0.39, 0.29) is 5.78 Å². The molecule has 0 aromatic carbocycles. The van der Waals surface area contributed by atoms with Gasteiger partial charge >= 0.3 is 5.97 Å². The van der Waals surface area contributed by atoms with Crippen molar-refractivity contribution in [3.05, 3.63) is 0 Å². The fourth-order valence-corrected chi connectivity index (χ4v) is 1.45.